The van der Waals surface area contributed by atoms with E-state index < -0.39 is 16.8 Å². The van der Waals surface area contributed by atoms with Gasteiger partial charge in [-0.2, -0.15) is 0 Å². The Kier molecular flexibility index (Phi) is 9.71. The molecule has 1 atom stereocenters. The molecule has 1 amide bonds. The first-order chi connectivity index (χ1) is 19.3. The lowest BCUT2D eigenvalue weighted by atomic mass is 9.83. The molecule has 1 N–H and O–H groups in total. The number of hydrogen-bond donors (Lipinski definition) is 1. The summed E-state index contributed by atoms with van der Waals surface area (Å²) in [7, 11) is 1.32. The third kappa shape index (κ3) is 6.59. The molecule has 0 radical (unpaired) electrons. The van der Waals surface area contributed by atoms with E-state index in [1.807, 2.05) is 6.92 Å². The fraction of sp³-hybridized carbons (Fsp3) is 0.419. The number of allylic oxidation sites excluding steroid dienone is 3. The average Bonchev–Trinajstić information content (AvgIpc) is 2.98. The van der Waals surface area contributed by atoms with Gasteiger partial charge in [0.2, 0.25) is 6.41 Å². The van der Waals surface area contributed by atoms with Crippen LogP contribution in [-0.2, 0) is 14.3 Å². The maximum atomic E-state index is 12.9. The van der Waals surface area contributed by atoms with Crippen LogP contribution in [0.4, 0.5) is 5.69 Å². The van der Waals surface area contributed by atoms with E-state index in [0.29, 0.717) is 35.0 Å². The van der Waals surface area contributed by atoms with Crippen LogP contribution in [0.25, 0.3) is 0 Å². The summed E-state index contributed by atoms with van der Waals surface area (Å²) < 4.78 is 5.09. The standard InChI is InChI=1S/C31H38N4O5/c1-22-28(31(37)40-3)29(26-11-13-27(14-12-26)35(38)39)30(23(2)32-22)34(21-36)18-8-7-17-33-19-15-25(16-20-33)24-9-5-4-6-10-24/h4-6,9-14,21,25,29,32H,7-8,15-20H2,1-3H3. The van der Waals surface area contributed by atoms with Crippen LogP contribution in [0.2, 0.25) is 0 Å². The molecule has 1 saturated heterocycles. The largest absolute Gasteiger partial charge is 0.466 e. The second kappa shape index (κ2) is 13.4. The van der Waals surface area contributed by atoms with E-state index in [2.05, 4.69) is 40.5 Å². The lowest BCUT2D eigenvalue weighted by Crippen LogP contribution is -2.37. The number of hydrogen-bond acceptors (Lipinski definition) is 7. The van der Waals surface area contributed by atoms with Gasteiger partial charge in [0, 0.05) is 30.1 Å². The van der Waals surface area contributed by atoms with Gasteiger partial charge in [-0.3, -0.25) is 14.9 Å². The van der Waals surface area contributed by atoms with Gasteiger partial charge in [0.1, 0.15) is 0 Å². The quantitative estimate of drug-likeness (QED) is 0.138. The Bertz CT molecular complexity index is 1260. The monoisotopic (exact) mass is 546 g/mol. The SMILES string of the molecule is COC(=O)C1=C(C)NC(C)=C(N(C=O)CCCCN2CCC(c3ccccc3)CC2)C1c1ccc([N+](=O)[O-])cc1. The minimum absolute atomic E-state index is 0.0414. The van der Waals surface area contributed by atoms with Crippen molar-refractivity contribution in [3.8, 4) is 0 Å². The summed E-state index contributed by atoms with van der Waals surface area (Å²) in [5.74, 6) is -0.492. The van der Waals surface area contributed by atoms with Crippen molar-refractivity contribution >= 4 is 18.1 Å². The highest BCUT2D eigenvalue weighted by molar-refractivity contribution is 5.92. The van der Waals surface area contributed by atoms with Crippen molar-refractivity contribution < 1.29 is 19.2 Å². The molecule has 40 heavy (non-hydrogen) atoms. The summed E-state index contributed by atoms with van der Waals surface area (Å²) in [6.07, 6.45) is 4.86. The summed E-state index contributed by atoms with van der Waals surface area (Å²) in [5.41, 5.74) is 4.47. The number of nitrogens with zero attached hydrogens (tertiary/aromatic N) is 3. The molecule has 0 bridgehead atoms. The average molecular weight is 547 g/mol. The second-order valence-electron chi connectivity index (χ2n) is 10.5. The first-order valence-electron chi connectivity index (χ1n) is 13.8. The molecule has 1 unspecified atom stereocenters. The maximum Gasteiger partial charge on any atom is 0.336 e. The number of nitrogens with one attached hydrogen (secondary N) is 1. The number of nitro groups is 1. The molecule has 0 spiro atoms. The number of methoxy groups -OCH3 is 1. The maximum absolute atomic E-state index is 12.9. The Hall–Kier alpha value is -3.98. The summed E-state index contributed by atoms with van der Waals surface area (Å²) in [6.45, 7) is 7.27. The van der Waals surface area contributed by atoms with E-state index in [-0.39, 0.29) is 5.69 Å². The Morgan fingerprint density at radius 3 is 2.33 bits per heavy atom. The zero-order valence-electron chi connectivity index (χ0n) is 23.5. The fourth-order valence-corrected chi connectivity index (χ4v) is 5.92. The molecule has 9 heteroatoms. The Morgan fingerprint density at radius 1 is 1.05 bits per heavy atom. The highest BCUT2D eigenvalue weighted by Gasteiger charge is 2.36. The highest BCUT2D eigenvalue weighted by atomic mass is 16.6. The van der Waals surface area contributed by atoms with Crippen LogP contribution in [0, 0.1) is 10.1 Å². The molecule has 0 aromatic heterocycles. The number of esters is 1. The van der Waals surface area contributed by atoms with Crippen LogP contribution in [0.5, 0.6) is 0 Å². The molecule has 2 aromatic carbocycles. The molecule has 2 aliphatic rings. The fourth-order valence-electron chi connectivity index (χ4n) is 5.92. The van der Waals surface area contributed by atoms with Gasteiger partial charge in [0.15, 0.2) is 0 Å². The minimum atomic E-state index is -0.600. The van der Waals surface area contributed by atoms with E-state index in [4.69, 9.17) is 4.74 Å². The molecule has 0 aliphatic carbocycles. The number of piperidine rings is 1. The molecule has 4 rings (SSSR count). The highest BCUT2D eigenvalue weighted by Crippen LogP contribution is 2.40. The van der Waals surface area contributed by atoms with Gasteiger partial charge in [-0.05, 0) is 76.2 Å². The zero-order chi connectivity index (χ0) is 28.6. The Balaban J connectivity index is 1.43. The number of likely N-dealkylation sites (tertiary alicyclic amines) is 1. The van der Waals surface area contributed by atoms with Crippen LogP contribution < -0.4 is 5.32 Å². The number of rotatable bonds is 11. The number of ether oxygens (including phenoxy) is 1. The van der Waals surface area contributed by atoms with Crippen LogP contribution >= 0.6 is 0 Å². The lowest BCUT2D eigenvalue weighted by Gasteiger charge is -2.36. The number of dihydropyridines is 1. The van der Waals surface area contributed by atoms with E-state index in [9.17, 15) is 19.7 Å². The summed E-state index contributed by atoms with van der Waals surface area (Å²) in [5, 5.41) is 14.5. The topological polar surface area (TPSA) is 105 Å². The first-order valence-corrected chi connectivity index (χ1v) is 13.8. The number of carbonyl (C=O) groups excluding carboxylic acids is 2. The molecule has 1 fully saturated rings. The van der Waals surface area contributed by atoms with Crippen molar-refractivity contribution in [2.75, 3.05) is 33.3 Å². The van der Waals surface area contributed by atoms with Crippen molar-refractivity contribution in [3.05, 3.63) is 98.5 Å². The van der Waals surface area contributed by atoms with Gasteiger partial charge in [0.25, 0.3) is 5.69 Å². The predicted octanol–water partition coefficient (Wildman–Crippen LogP) is 5.08. The number of amides is 1. The summed E-state index contributed by atoms with van der Waals surface area (Å²) in [6, 6.07) is 16.8. The lowest BCUT2D eigenvalue weighted by molar-refractivity contribution is -0.384. The van der Waals surface area contributed by atoms with E-state index >= 15 is 0 Å². The molecule has 2 aromatic rings. The van der Waals surface area contributed by atoms with Gasteiger partial charge in [-0.1, -0.05) is 42.5 Å². The van der Waals surface area contributed by atoms with Crippen molar-refractivity contribution in [2.24, 2.45) is 0 Å². The van der Waals surface area contributed by atoms with Crippen molar-refractivity contribution in [3.63, 3.8) is 0 Å². The number of unbranched alkanes of at least 4 members (excludes halogenated alkanes) is 1. The molecular formula is C31H38N4O5. The molecular weight excluding hydrogens is 508 g/mol. The number of nitro benzene ring substituents is 1. The third-order valence-corrected chi connectivity index (χ3v) is 7.99. The van der Waals surface area contributed by atoms with Crippen LogP contribution in [-0.4, -0.2) is 60.4 Å². The molecule has 212 valence electrons. The first kappa shape index (κ1) is 29.0. The van der Waals surface area contributed by atoms with E-state index in [0.717, 1.165) is 57.4 Å². The predicted molar refractivity (Wildman–Crippen MR) is 153 cm³/mol. The molecule has 0 saturated carbocycles. The van der Waals surface area contributed by atoms with Gasteiger partial charge >= 0.3 is 5.97 Å². The summed E-state index contributed by atoms with van der Waals surface area (Å²) in [4.78, 5) is 40.2. The molecule has 9 nitrogen and oxygen atoms in total. The van der Waals surface area contributed by atoms with E-state index in [1.54, 1.807) is 24.0 Å². The smallest absolute Gasteiger partial charge is 0.336 e. The van der Waals surface area contributed by atoms with Crippen LogP contribution in [0.3, 0.4) is 0 Å². The van der Waals surface area contributed by atoms with Crippen molar-refractivity contribution in [2.45, 2.75) is 51.4 Å². The minimum Gasteiger partial charge on any atom is -0.466 e. The van der Waals surface area contributed by atoms with Crippen molar-refractivity contribution in [1.29, 1.82) is 0 Å². The molecule has 2 heterocycles. The van der Waals surface area contributed by atoms with Crippen LogP contribution in [0.1, 0.15) is 62.5 Å². The van der Waals surface area contributed by atoms with Crippen LogP contribution in [0.15, 0.2) is 77.3 Å². The van der Waals surface area contributed by atoms with Gasteiger partial charge in [-0.15, -0.1) is 0 Å². The Morgan fingerprint density at radius 2 is 1.73 bits per heavy atom. The molecule has 2 aliphatic heterocycles. The number of benzene rings is 2. The summed E-state index contributed by atoms with van der Waals surface area (Å²) >= 11 is 0. The van der Waals surface area contributed by atoms with E-state index in [1.165, 1.54) is 24.8 Å². The van der Waals surface area contributed by atoms with Crippen molar-refractivity contribution in [1.82, 2.24) is 15.1 Å². The number of carbonyl (C=O) groups is 2. The van der Waals surface area contributed by atoms with Gasteiger partial charge in [-0.25, -0.2) is 4.79 Å². The zero-order valence-corrected chi connectivity index (χ0v) is 23.5. The third-order valence-electron chi connectivity index (χ3n) is 7.99. The number of non-ortho nitro benzene ring substituents is 1. The Labute approximate surface area is 235 Å². The van der Waals surface area contributed by atoms with Gasteiger partial charge < -0.3 is 19.9 Å². The normalized spacial score (nSPS) is 18.3. The second-order valence-corrected chi connectivity index (χ2v) is 10.5. The van der Waals surface area contributed by atoms with Gasteiger partial charge in [0.05, 0.1) is 29.2 Å².